The number of hydrogen-bond acceptors (Lipinski definition) is 2. The second-order valence-electron chi connectivity index (χ2n) is 5.51. The van der Waals surface area contributed by atoms with Gasteiger partial charge >= 0.3 is 0 Å². The van der Waals surface area contributed by atoms with Crippen LogP contribution in [0.2, 0.25) is 0 Å². The van der Waals surface area contributed by atoms with Crippen molar-refractivity contribution in [1.82, 2.24) is 10.3 Å². The van der Waals surface area contributed by atoms with Gasteiger partial charge in [0.25, 0.3) is 0 Å². The number of pyridine rings is 1. The maximum Gasteiger partial charge on any atom is 0.0270 e. The maximum atomic E-state index is 4.04. The Kier molecular flexibility index (Phi) is 3.59. The van der Waals surface area contributed by atoms with Crippen LogP contribution < -0.4 is 5.32 Å². The van der Waals surface area contributed by atoms with Crippen molar-refractivity contribution >= 4 is 0 Å². The van der Waals surface area contributed by atoms with E-state index < -0.39 is 0 Å². The van der Waals surface area contributed by atoms with Crippen molar-refractivity contribution in [3.63, 3.8) is 0 Å². The van der Waals surface area contributed by atoms with Crippen LogP contribution in [0.3, 0.4) is 0 Å². The molecule has 1 aromatic heterocycles. The highest BCUT2D eigenvalue weighted by Gasteiger charge is 2.31. The Bertz CT molecular complexity index is 317. The van der Waals surface area contributed by atoms with Crippen LogP contribution in [0.1, 0.15) is 38.7 Å². The summed E-state index contributed by atoms with van der Waals surface area (Å²) in [7, 11) is 0. The van der Waals surface area contributed by atoms with Gasteiger partial charge in [0.2, 0.25) is 0 Å². The summed E-state index contributed by atoms with van der Waals surface area (Å²) in [5.41, 5.74) is 1.95. The minimum absolute atomic E-state index is 0.555. The van der Waals surface area contributed by atoms with Crippen molar-refractivity contribution in [2.24, 2.45) is 5.41 Å². The number of rotatable bonds is 5. The summed E-state index contributed by atoms with van der Waals surface area (Å²) >= 11 is 0. The van der Waals surface area contributed by atoms with Gasteiger partial charge in [-0.25, -0.2) is 0 Å². The average molecular weight is 218 g/mol. The van der Waals surface area contributed by atoms with E-state index in [1.54, 1.807) is 0 Å². The van der Waals surface area contributed by atoms with Crippen LogP contribution in [-0.2, 0) is 6.42 Å². The van der Waals surface area contributed by atoms with E-state index in [-0.39, 0.29) is 0 Å². The van der Waals surface area contributed by atoms with Gasteiger partial charge < -0.3 is 5.32 Å². The number of nitrogens with zero attached hydrogens (tertiary/aromatic N) is 1. The average Bonchev–Trinajstić information content (AvgIpc) is 2.25. The van der Waals surface area contributed by atoms with Gasteiger partial charge in [-0.1, -0.05) is 13.3 Å². The fraction of sp³-hybridized carbons (Fsp3) is 0.643. The van der Waals surface area contributed by atoms with Crippen molar-refractivity contribution in [2.45, 2.75) is 45.6 Å². The van der Waals surface area contributed by atoms with Gasteiger partial charge in [-0.15, -0.1) is 0 Å². The van der Waals surface area contributed by atoms with Gasteiger partial charge in [-0.05, 0) is 49.3 Å². The van der Waals surface area contributed by atoms with E-state index in [0.717, 1.165) is 6.42 Å². The molecule has 1 aliphatic carbocycles. The molecule has 1 saturated carbocycles. The van der Waals surface area contributed by atoms with Crippen LogP contribution in [-0.4, -0.2) is 17.6 Å². The normalized spacial score (nSPS) is 20.1. The molecular formula is C14H22N2. The lowest BCUT2D eigenvalue weighted by atomic mass is 9.70. The molecule has 0 amide bonds. The Morgan fingerprint density at radius 1 is 1.38 bits per heavy atom. The first kappa shape index (κ1) is 11.6. The third kappa shape index (κ3) is 3.05. The topological polar surface area (TPSA) is 24.9 Å². The first-order chi connectivity index (χ1) is 7.68. The second kappa shape index (κ2) is 4.96. The fourth-order valence-electron chi connectivity index (χ4n) is 2.32. The molecule has 0 spiro atoms. The predicted molar refractivity (Wildman–Crippen MR) is 67.4 cm³/mol. The van der Waals surface area contributed by atoms with Crippen LogP contribution in [0.4, 0.5) is 0 Å². The molecule has 1 fully saturated rings. The third-order valence-electron chi connectivity index (χ3n) is 3.73. The lowest BCUT2D eigenvalue weighted by Crippen LogP contribution is -2.41. The molecule has 88 valence electrons. The van der Waals surface area contributed by atoms with E-state index in [1.165, 1.54) is 31.4 Å². The molecule has 0 aromatic carbocycles. The minimum Gasteiger partial charge on any atom is -0.313 e. The van der Waals surface area contributed by atoms with Gasteiger partial charge in [-0.2, -0.15) is 0 Å². The Labute approximate surface area is 98.5 Å². The molecule has 1 aliphatic rings. The Morgan fingerprint density at radius 3 is 2.62 bits per heavy atom. The summed E-state index contributed by atoms with van der Waals surface area (Å²) in [6.07, 6.45) is 9.03. The van der Waals surface area contributed by atoms with Crippen molar-refractivity contribution in [2.75, 3.05) is 6.54 Å². The van der Waals surface area contributed by atoms with Gasteiger partial charge in [0, 0.05) is 25.0 Å². The summed E-state index contributed by atoms with van der Waals surface area (Å²) in [6, 6.07) is 4.76. The Balaban J connectivity index is 1.74. The third-order valence-corrected chi connectivity index (χ3v) is 3.73. The van der Waals surface area contributed by atoms with Crippen LogP contribution in [0.25, 0.3) is 0 Å². The monoisotopic (exact) mass is 218 g/mol. The molecular weight excluding hydrogens is 196 g/mol. The van der Waals surface area contributed by atoms with Crippen molar-refractivity contribution < 1.29 is 0 Å². The molecule has 0 bridgehead atoms. The maximum absolute atomic E-state index is 4.04. The molecule has 0 saturated heterocycles. The van der Waals surface area contributed by atoms with E-state index >= 15 is 0 Å². The van der Waals surface area contributed by atoms with Crippen molar-refractivity contribution in [1.29, 1.82) is 0 Å². The van der Waals surface area contributed by atoms with Crippen molar-refractivity contribution in [3.8, 4) is 0 Å². The van der Waals surface area contributed by atoms with Crippen LogP contribution in [0.5, 0.6) is 0 Å². The van der Waals surface area contributed by atoms with E-state index in [4.69, 9.17) is 0 Å². The van der Waals surface area contributed by atoms with Gasteiger partial charge in [0.1, 0.15) is 0 Å². The fourth-order valence-corrected chi connectivity index (χ4v) is 2.32. The molecule has 2 heteroatoms. The van der Waals surface area contributed by atoms with Crippen LogP contribution in [0, 0.1) is 5.41 Å². The molecule has 1 atom stereocenters. The SMILES string of the molecule is CC(Cc1ccncc1)NCC1(C)CCC1. The standard InChI is InChI=1S/C14H22N2/c1-12(10-13-4-8-15-9-5-13)16-11-14(2)6-3-7-14/h4-5,8-9,12,16H,3,6-7,10-11H2,1-2H3. The van der Waals surface area contributed by atoms with Crippen molar-refractivity contribution in [3.05, 3.63) is 30.1 Å². The number of nitrogens with one attached hydrogen (secondary N) is 1. The molecule has 1 N–H and O–H groups in total. The highest BCUT2D eigenvalue weighted by atomic mass is 14.9. The molecule has 1 aromatic rings. The zero-order chi connectivity index (χ0) is 11.4. The summed E-state index contributed by atoms with van der Waals surface area (Å²) in [4.78, 5) is 4.04. The first-order valence-electron chi connectivity index (χ1n) is 6.30. The second-order valence-corrected chi connectivity index (χ2v) is 5.51. The Hall–Kier alpha value is -0.890. The highest BCUT2D eigenvalue weighted by molar-refractivity contribution is 5.11. The summed E-state index contributed by atoms with van der Waals surface area (Å²) < 4.78 is 0. The molecule has 2 rings (SSSR count). The quantitative estimate of drug-likeness (QED) is 0.822. The van der Waals surface area contributed by atoms with Gasteiger partial charge in [0.05, 0.1) is 0 Å². The zero-order valence-corrected chi connectivity index (χ0v) is 10.4. The largest absolute Gasteiger partial charge is 0.313 e. The molecule has 1 unspecified atom stereocenters. The Morgan fingerprint density at radius 2 is 2.06 bits per heavy atom. The molecule has 2 nitrogen and oxygen atoms in total. The molecule has 16 heavy (non-hydrogen) atoms. The lowest BCUT2D eigenvalue weighted by Gasteiger charge is -2.39. The van der Waals surface area contributed by atoms with E-state index in [1.807, 2.05) is 12.4 Å². The summed E-state index contributed by atoms with van der Waals surface area (Å²) in [5, 5.41) is 3.65. The lowest BCUT2D eigenvalue weighted by molar-refractivity contribution is 0.152. The minimum atomic E-state index is 0.555. The highest BCUT2D eigenvalue weighted by Crippen LogP contribution is 2.39. The summed E-state index contributed by atoms with van der Waals surface area (Å²) in [5.74, 6) is 0. The smallest absolute Gasteiger partial charge is 0.0270 e. The molecule has 1 heterocycles. The van der Waals surface area contributed by atoms with E-state index in [9.17, 15) is 0 Å². The van der Waals surface area contributed by atoms with Gasteiger partial charge in [0.15, 0.2) is 0 Å². The first-order valence-corrected chi connectivity index (χ1v) is 6.30. The van der Waals surface area contributed by atoms with Gasteiger partial charge in [-0.3, -0.25) is 4.98 Å². The van der Waals surface area contributed by atoms with Crippen LogP contribution in [0.15, 0.2) is 24.5 Å². The number of hydrogen-bond donors (Lipinski definition) is 1. The van der Waals surface area contributed by atoms with E-state index in [0.29, 0.717) is 11.5 Å². The molecule has 0 radical (unpaired) electrons. The zero-order valence-electron chi connectivity index (χ0n) is 10.4. The van der Waals surface area contributed by atoms with Crippen LogP contribution >= 0.6 is 0 Å². The number of aromatic nitrogens is 1. The predicted octanol–water partition coefficient (Wildman–Crippen LogP) is 2.79. The molecule has 0 aliphatic heterocycles. The summed E-state index contributed by atoms with van der Waals surface area (Å²) in [6.45, 7) is 5.82. The van der Waals surface area contributed by atoms with E-state index in [2.05, 4.69) is 36.3 Å².